The Morgan fingerprint density at radius 1 is 0.500 bits per heavy atom. The summed E-state index contributed by atoms with van der Waals surface area (Å²) in [6.45, 7) is 0. The fourth-order valence-electron chi connectivity index (χ4n) is 0. The van der Waals surface area contributed by atoms with E-state index in [0.717, 1.165) is 0 Å². The quantitative estimate of drug-likeness (QED) is 0.237. The van der Waals surface area contributed by atoms with Gasteiger partial charge in [-0.1, -0.05) is 24.8 Å². The van der Waals surface area contributed by atoms with Crippen molar-refractivity contribution in [2.45, 2.75) is 0 Å². The molecule has 0 radical (unpaired) electrons. The van der Waals surface area contributed by atoms with Gasteiger partial charge in [0, 0.05) is 0 Å². The van der Waals surface area contributed by atoms with E-state index < -0.39 is 24.8 Å². The van der Waals surface area contributed by atoms with Crippen LogP contribution in [0.15, 0.2) is 0 Å². The maximum atomic E-state index is 8.52. The monoisotopic (exact) mass is 626 g/mol. The summed E-state index contributed by atoms with van der Waals surface area (Å²) in [7, 11) is -10.9. The molecule has 0 aromatic heterocycles. The van der Waals surface area contributed by atoms with Crippen LogP contribution in [0.4, 0.5) is 0 Å². The van der Waals surface area contributed by atoms with Crippen LogP contribution in [0.25, 0.3) is 0 Å². The first kappa shape index (κ1) is 29.7. The minimum absolute atomic E-state index is 0. The molecule has 0 bridgehead atoms. The molecule has 0 atom stereocenters. The molecule has 0 fully saturated rings. The van der Waals surface area contributed by atoms with Gasteiger partial charge in [0.05, 0.1) is 0 Å². The van der Waals surface area contributed by atoms with Gasteiger partial charge < -0.3 is 43.1 Å². The Bertz CT molecular complexity index is 116. The predicted molar refractivity (Wildman–Crippen MR) is 27.0 cm³/mol. The summed E-state index contributed by atoms with van der Waals surface area (Å²) < 4.78 is 25.6. The van der Waals surface area contributed by atoms with E-state index in [1.165, 1.54) is 0 Å². The van der Waals surface area contributed by atoms with Gasteiger partial charge in [0.2, 0.25) is 0 Å². The molecule has 0 aliphatic carbocycles. The number of hydrogen-bond donors (Lipinski definition) is 0. The molecule has 0 heterocycles. The zero-order valence-electron chi connectivity index (χ0n) is 5.84. The van der Waals surface area contributed by atoms with Crippen LogP contribution in [-0.2, 0) is 53.9 Å². The second kappa shape index (κ2) is 24.1. The molecule has 0 N–H and O–H groups in total. The maximum Gasteiger partial charge on any atom is 3.00 e. The molecule has 0 saturated heterocycles. The number of rotatable bonds is 0. The third kappa shape index (κ3) is 731. The van der Waals surface area contributed by atoms with Gasteiger partial charge in [-0.15, -0.1) is 0 Å². The van der Waals surface area contributed by atoms with Gasteiger partial charge >= 0.3 is 40.2 Å². The van der Waals surface area contributed by atoms with E-state index in [4.69, 9.17) is 43.1 Å². The first-order valence-electron chi connectivity index (χ1n) is 1.84. The van der Waals surface area contributed by atoms with Crippen molar-refractivity contribution in [1.29, 1.82) is 0 Å². The Hall–Kier alpha value is 1.75. The minimum atomic E-state index is -3.63. The van der Waals surface area contributed by atoms with Crippen LogP contribution in [0, 0.1) is 0 Å². The largest absolute Gasteiger partial charge is 3.00 e. The summed E-state index contributed by atoms with van der Waals surface area (Å²) >= 11 is 0. The zero-order valence-corrected chi connectivity index (χ0v) is 13.6. The van der Waals surface area contributed by atoms with E-state index in [2.05, 4.69) is 0 Å². The van der Waals surface area contributed by atoms with E-state index in [9.17, 15) is 0 Å². The standard InChI is InChI=1S/2Ir.3H3O3P/c;;3*1-4(2)3/h;;3*4H,(H2,1,2,3)/q2*+3;;;/p-6. The Morgan fingerprint density at radius 3 is 0.500 bits per heavy atom. The van der Waals surface area contributed by atoms with Crippen molar-refractivity contribution in [2.24, 2.45) is 0 Å². The van der Waals surface area contributed by atoms with Crippen molar-refractivity contribution < 1.29 is 83.3 Å². The average molecular weight is 624 g/mol. The van der Waals surface area contributed by atoms with Crippen LogP contribution in [0.2, 0.25) is 0 Å². The number of hydrogen-bond acceptors (Lipinski definition) is 9. The van der Waals surface area contributed by atoms with Crippen molar-refractivity contribution in [3.05, 3.63) is 0 Å². The molecule has 9 nitrogen and oxygen atoms in total. The van der Waals surface area contributed by atoms with Crippen LogP contribution in [-0.4, -0.2) is 0 Å². The SMILES string of the molecule is O=[PH]([O-])[O-].O=[PH]([O-])[O-].O=[PH]([O-])[O-].[Ir+3].[Ir+3]. The van der Waals surface area contributed by atoms with Crippen molar-refractivity contribution in [2.75, 3.05) is 0 Å². The Balaban J connectivity index is -0.0000000270. The van der Waals surface area contributed by atoms with Gasteiger partial charge in [0.25, 0.3) is 0 Å². The van der Waals surface area contributed by atoms with E-state index in [-0.39, 0.29) is 40.2 Å². The van der Waals surface area contributed by atoms with Gasteiger partial charge in [-0.25, -0.2) is 0 Å². The molecular weight excluding hydrogens is 621 g/mol. The van der Waals surface area contributed by atoms with Gasteiger partial charge in [-0.2, -0.15) is 0 Å². The molecule has 0 aliphatic rings. The van der Waals surface area contributed by atoms with E-state index in [1.54, 1.807) is 0 Å². The van der Waals surface area contributed by atoms with Crippen molar-refractivity contribution in [3.63, 3.8) is 0 Å². The summed E-state index contributed by atoms with van der Waals surface area (Å²) in [6, 6.07) is 0. The smallest absolute Gasteiger partial charge is 0.813 e. The fraction of sp³-hybridized carbons (Fsp3) is 0. The molecule has 0 aliphatic heterocycles. The molecule has 0 rings (SSSR count). The maximum absolute atomic E-state index is 8.52. The molecule has 0 aromatic rings. The predicted octanol–water partition coefficient (Wildman–Crippen LogP) is -5.71. The van der Waals surface area contributed by atoms with Crippen LogP contribution in [0.1, 0.15) is 0 Å². The summed E-state index contributed by atoms with van der Waals surface area (Å²) in [4.78, 5) is 51.1. The zero-order chi connectivity index (χ0) is 10.7. The molecular formula is H3Ir2O9P3. The topological polar surface area (TPSA) is 190 Å². The van der Waals surface area contributed by atoms with Crippen molar-refractivity contribution >= 4 is 24.8 Å². The molecule has 0 spiro atoms. The summed E-state index contributed by atoms with van der Waals surface area (Å²) in [5.74, 6) is 0. The first-order chi connectivity index (χ1) is 5.20. The van der Waals surface area contributed by atoms with Crippen LogP contribution in [0.5, 0.6) is 0 Å². The van der Waals surface area contributed by atoms with Gasteiger partial charge in [0.15, 0.2) is 0 Å². The fourth-order valence-corrected chi connectivity index (χ4v) is 0. The normalized spacial score (nSPS) is 7.50. The Kier molecular flexibility index (Phi) is 51.1. The third-order valence-electron chi connectivity index (χ3n) is 0. The van der Waals surface area contributed by atoms with Gasteiger partial charge in [0.1, 0.15) is 0 Å². The second-order valence-electron chi connectivity index (χ2n) is 0.750. The molecule has 14 heteroatoms. The van der Waals surface area contributed by atoms with E-state index in [1.807, 2.05) is 0 Å². The van der Waals surface area contributed by atoms with Crippen LogP contribution >= 0.6 is 24.8 Å². The molecule has 14 heavy (non-hydrogen) atoms. The summed E-state index contributed by atoms with van der Waals surface area (Å²) in [5.41, 5.74) is 0. The van der Waals surface area contributed by atoms with Gasteiger partial charge in [-0.3, -0.25) is 0 Å². The average Bonchev–Trinajstić information content (AvgIpc) is 1.54. The first-order valence-corrected chi connectivity index (χ1v) is 5.51. The molecule has 90 valence electrons. The van der Waals surface area contributed by atoms with E-state index >= 15 is 0 Å². The molecule has 0 aromatic carbocycles. The van der Waals surface area contributed by atoms with Crippen LogP contribution < -0.4 is 29.4 Å². The Morgan fingerprint density at radius 2 is 0.500 bits per heavy atom. The molecule has 0 unspecified atom stereocenters. The van der Waals surface area contributed by atoms with Gasteiger partial charge in [-0.05, 0) is 0 Å². The summed E-state index contributed by atoms with van der Waals surface area (Å²) in [5, 5.41) is 0. The molecule has 0 saturated carbocycles. The van der Waals surface area contributed by atoms with Crippen molar-refractivity contribution in [3.8, 4) is 0 Å². The van der Waals surface area contributed by atoms with Crippen molar-refractivity contribution in [1.82, 2.24) is 0 Å². The second-order valence-corrected chi connectivity index (χ2v) is 2.25. The molecule has 0 amide bonds. The van der Waals surface area contributed by atoms with Crippen LogP contribution in [0.3, 0.4) is 0 Å². The van der Waals surface area contributed by atoms with E-state index in [0.29, 0.717) is 0 Å². The summed E-state index contributed by atoms with van der Waals surface area (Å²) in [6.07, 6.45) is 0. The third-order valence-corrected chi connectivity index (χ3v) is 0. The Labute approximate surface area is 108 Å². The minimum Gasteiger partial charge on any atom is -0.813 e.